The largest absolute Gasteiger partial charge is 0.322 e. The van der Waals surface area contributed by atoms with Crippen molar-refractivity contribution in [1.29, 1.82) is 0 Å². The Morgan fingerprint density at radius 1 is 1.19 bits per heavy atom. The standard InChI is InChI=1S/C13H11O2P/c14-11-6-3-7-12-13(11)10-5-2-1-4-9(10)8-16(12)15/h1-5,7,16H,6,8H2. The number of ketones is 1. The molecule has 3 heteroatoms. The van der Waals surface area contributed by atoms with Crippen molar-refractivity contribution >= 4 is 19.2 Å². The molecule has 1 aliphatic heterocycles. The summed E-state index contributed by atoms with van der Waals surface area (Å²) in [5.74, 6) is 0.100. The molecule has 2 aliphatic rings. The van der Waals surface area contributed by atoms with E-state index in [2.05, 4.69) is 0 Å². The van der Waals surface area contributed by atoms with Crippen LogP contribution in [0.2, 0.25) is 0 Å². The van der Waals surface area contributed by atoms with Gasteiger partial charge in [-0.2, -0.15) is 0 Å². The Hall–Kier alpha value is -1.40. The maximum absolute atomic E-state index is 12.1. The van der Waals surface area contributed by atoms with Crippen molar-refractivity contribution in [3.63, 3.8) is 0 Å². The maximum atomic E-state index is 12.1. The summed E-state index contributed by atoms with van der Waals surface area (Å²) >= 11 is 0. The SMILES string of the molecule is O=C1CC=CC2=C1c1ccccc1C[PH]2=O. The summed E-state index contributed by atoms with van der Waals surface area (Å²) in [5, 5.41) is 0.778. The molecule has 0 radical (unpaired) electrons. The van der Waals surface area contributed by atoms with Gasteiger partial charge < -0.3 is 4.57 Å². The first-order chi connectivity index (χ1) is 7.77. The van der Waals surface area contributed by atoms with Crippen molar-refractivity contribution in [3.05, 3.63) is 52.9 Å². The lowest BCUT2D eigenvalue weighted by atomic mass is 9.92. The van der Waals surface area contributed by atoms with Gasteiger partial charge in [0.15, 0.2) is 5.78 Å². The maximum Gasteiger partial charge on any atom is 0.167 e. The molecule has 0 aromatic heterocycles. The van der Waals surface area contributed by atoms with Crippen LogP contribution in [0.4, 0.5) is 0 Å². The third-order valence-electron chi connectivity index (χ3n) is 3.07. The zero-order valence-electron chi connectivity index (χ0n) is 8.69. The molecule has 0 fully saturated rings. The fourth-order valence-corrected chi connectivity index (χ4v) is 4.03. The zero-order chi connectivity index (χ0) is 11.1. The average molecular weight is 230 g/mol. The molecule has 1 aromatic rings. The van der Waals surface area contributed by atoms with E-state index in [4.69, 9.17) is 0 Å². The first-order valence-corrected chi connectivity index (χ1v) is 6.94. The highest BCUT2D eigenvalue weighted by Crippen LogP contribution is 2.49. The van der Waals surface area contributed by atoms with Gasteiger partial charge in [-0.1, -0.05) is 36.4 Å². The molecule has 0 saturated heterocycles. The molecule has 80 valence electrons. The van der Waals surface area contributed by atoms with Crippen LogP contribution in [0.1, 0.15) is 17.5 Å². The Morgan fingerprint density at radius 2 is 2.00 bits per heavy atom. The van der Waals surface area contributed by atoms with Gasteiger partial charge in [0, 0.05) is 23.5 Å². The molecule has 1 unspecified atom stereocenters. The van der Waals surface area contributed by atoms with E-state index in [0.717, 1.165) is 16.4 Å². The lowest BCUT2D eigenvalue weighted by molar-refractivity contribution is -0.113. The number of fused-ring (bicyclic) bond motifs is 2. The van der Waals surface area contributed by atoms with Crippen LogP contribution in [0.15, 0.2) is 41.7 Å². The molecule has 1 heterocycles. The lowest BCUT2D eigenvalue weighted by Crippen LogP contribution is -2.11. The van der Waals surface area contributed by atoms with Crippen LogP contribution in [0, 0.1) is 0 Å². The molecule has 16 heavy (non-hydrogen) atoms. The summed E-state index contributed by atoms with van der Waals surface area (Å²) in [7, 11) is -1.81. The number of Topliss-reactive ketones (excluding diaryl/α,β-unsaturated/α-hetero) is 1. The fraction of sp³-hybridized carbons (Fsp3) is 0.154. The van der Waals surface area contributed by atoms with Crippen molar-refractivity contribution in [1.82, 2.24) is 0 Å². The summed E-state index contributed by atoms with van der Waals surface area (Å²) in [4.78, 5) is 11.9. The van der Waals surface area contributed by atoms with E-state index in [1.165, 1.54) is 0 Å². The monoisotopic (exact) mass is 230 g/mol. The molecular weight excluding hydrogens is 219 g/mol. The van der Waals surface area contributed by atoms with Gasteiger partial charge in [0.25, 0.3) is 0 Å². The summed E-state index contributed by atoms with van der Waals surface area (Å²) in [6.07, 6.45) is 4.71. The zero-order valence-corrected chi connectivity index (χ0v) is 9.69. The third kappa shape index (κ3) is 1.34. The van der Waals surface area contributed by atoms with Crippen molar-refractivity contribution in [2.75, 3.05) is 0 Å². The van der Waals surface area contributed by atoms with Gasteiger partial charge >= 0.3 is 0 Å². The van der Waals surface area contributed by atoms with Crippen LogP contribution in [-0.4, -0.2) is 5.78 Å². The number of carbonyl (C=O) groups is 1. The van der Waals surface area contributed by atoms with Crippen LogP contribution in [0.3, 0.4) is 0 Å². The van der Waals surface area contributed by atoms with E-state index < -0.39 is 7.80 Å². The van der Waals surface area contributed by atoms with E-state index in [-0.39, 0.29) is 5.78 Å². The second-order valence-electron chi connectivity index (χ2n) is 4.08. The Bertz CT molecular complexity index is 567. The van der Waals surface area contributed by atoms with Crippen LogP contribution in [0.25, 0.3) is 5.57 Å². The summed E-state index contributed by atoms with van der Waals surface area (Å²) in [5.41, 5.74) is 2.73. The second kappa shape index (κ2) is 3.57. The van der Waals surface area contributed by atoms with Crippen LogP contribution in [-0.2, 0) is 15.5 Å². The summed E-state index contributed by atoms with van der Waals surface area (Å²) in [6.45, 7) is 0. The smallest absolute Gasteiger partial charge is 0.167 e. The Morgan fingerprint density at radius 3 is 2.88 bits per heavy atom. The van der Waals surface area contributed by atoms with Gasteiger partial charge in [0.05, 0.1) is 0 Å². The first kappa shape index (κ1) is 9.80. The molecule has 1 atom stereocenters. The van der Waals surface area contributed by atoms with Crippen molar-refractivity contribution in [3.8, 4) is 0 Å². The molecule has 0 spiro atoms. The summed E-state index contributed by atoms with van der Waals surface area (Å²) < 4.78 is 12.1. The molecule has 2 nitrogen and oxygen atoms in total. The number of benzene rings is 1. The first-order valence-electron chi connectivity index (χ1n) is 5.33. The van der Waals surface area contributed by atoms with E-state index in [1.54, 1.807) is 0 Å². The van der Waals surface area contributed by atoms with E-state index in [0.29, 0.717) is 18.2 Å². The Balaban J connectivity index is 2.31. The highest BCUT2D eigenvalue weighted by molar-refractivity contribution is 7.49. The van der Waals surface area contributed by atoms with Gasteiger partial charge in [0.1, 0.15) is 7.80 Å². The number of allylic oxidation sites excluding steroid dienone is 4. The van der Waals surface area contributed by atoms with E-state index in [9.17, 15) is 9.36 Å². The molecule has 0 saturated carbocycles. The predicted molar refractivity (Wildman–Crippen MR) is 64.8 cm³/mol. The Kier molecular flexibility index (Phi) is 2.19. The minimum Gasteiger partial charge on any atom is -0.322 e. The molecule has 0 bridgehead atoms. The number of rotatable bonds is 0. The Labute approximate surface area is 94.5 Å². The minimum absolute atomic E-state index is 0.100. The van der Waals surface area contributed by atoms with E-state index >= 15 is 0 Å². The van der Waals surface area contributed by atoms with Crippen LogP contribution in [0.5, 0.6) is 0 Å². The molecule has 3 rings (SSSR count). The van der Waals surface area contributed by atoms with Crippen LogP contribution >= 0.6 is 7.80 Å². The molecular formula is C13H11O2P. The van der Waals surface area contributed by atoms with Gasteiger partial charge in [0.2, 0.25) is 0 Å². The second-order valence-corrected chi connectivity index (χ2v) is 5.81. The highest BCUT2D eigenvalue weighted by Gasteiger charge is 2.28. The molecule has 1 aromatic carbocycles. The molecule has 0 amide bonds. The average Bonchev–Trinajstić information content (AvgIpc) is 2.30. The van der Waals surface area contributed by atoms with Crippen molar-refractivity contribution < 1.29 is 9.36 Å². The van der Waals surface area contributed by atoms with Crippen molar-refractivity contribution in [2.24, 2.45) is 0 Å². The van der Waals surface area contributed by atoms with Gasteiger partial charge in [-0.05, 0) is 11.1 Å². The predicted octanol–water partition coefficient (Wildman–Crippen LogP) is 3.00. The van der Waals surface area contributed by atoms with Gasteiger partial charge in [-0.15, -0.1) is 0 Å². The number of hydrogen-bond acceptors (Lipinski definition) is 2. The minimum atomic E-state index is -1.81. The van der Waals surface area contributed by atoms with Gasteiger partial charge in [-0.25, -0.2) is 0 Å². The number of carbonyl (C=O) groups excluding carboxylic acids is 1. The van der Waals surface area contributed by atoms with Crippen molar-refractivity contribution in [2.45, 2.75) is 12.6 Å². The normalized spacial score (nSPS) is 23.0. The lowest BCUT2D eigenvalue weighted by Gasteiger charge is -2.22. The van der Waals surface area contributed by atoms with Gasteiger partial charge in [-0.3, -0.25) is 4.79 Å². The molecule has 0 N–H and O–H groups in total. The summed E-state index contributed by atoms with van der Waals surface area (Å²) in [6, 6.07) is 7.78. The van der Waals surface area contributed by atoms with E-state index in [1.807, 2.05) is 36.4 Å². The molecule has 1 aliphatic carbocycles. The van der Waals surface area contributed by atoms with Crippen LogP contribution < -0.4 is 0 Å². The highest BCUT2D eigenvalue weighted by atomic mass is 31.1. The number of hydrogen-bond donors (Lipinski definition) is 0. The third-order valence-corrected chi connectivity index (χ3v) is 4.79. The quantitative estimate of drug-likeness (QED) is 0.642. The fourth-order valence-electron chi connectivity index (χ4n) is 2.33. The topological polar surface area (TPSA) is 34.1 Å².